The van der Waals surface area contributed by atoms with Crippen molar-refractivity contribution < 1.29 is 0 Å². The van der Waals surface area contributed by atoms with E-state index in [0.29, 0.717) is 0 Å². The zero-order valence-corrected chi connectivity index (χ0v) is 8.39. The smallest absolute Gasteiger partial charge is 0.115 e. The summed E-state index contributed by atoms with van der Waals surface area (Å²) in [5.74, 6) is 0. The average molecular weight is 266 g/mol. The molecule has 0 fully saturated rings. The average Bonchev–Trinajstić information content (AvgIpc) is 2.04. The third kappa shape index (κ3) is 1.76. The van der Waals surface area contributed by atoms with Crippen molar-refractivity contribution in [3.63, 3.8) is 0 Å². The predicted octanol–water partition coefficient (Wildman–Crippen LogP) is 2.27. The van der Waals surface area contributed by atoms with Crippen LogP contribution in [0.1, 0.15) is 11.3 Å². The Bertz CT molecular complexity index is 192. The van der Waals surface area contributed by atoms with E-state index in [4.69, 9.17) is 0 Å². The van der Waals surface area contributed by atoms with Crippen molar-refractivity contribution in [2.75, 3.05) is 0 Å². The summed E-state index contributed by atoms with van der Waals surface area (Å²) in [7, 11) is 0. The van der Waals surface area contributed by atoms with Gasteiger partial charge in [0.2, 0.25) is 0 Å². The van der Waals surface area contributed by atoms with Crippen LogP contribution in [-0.2, 0) is 10.7 Å². The third-order valence-electron chi connectivity index (χ3n) is 1.15. The zero-order chi connectivity index (χ0) is 7.40. The van der Waals surface area contributed by atoms with Gasteiger partial charge in [-0.3, -0.25) is 0 Å². The summed E-state index contributed by atoms with van der Waals surface area (Å²) >= 11 is 6.69. The van der Waals surface area contributed by atoms with E-state index >= 15 is 0 Å². The molecule has 54 valence electrons. The van der Waals surface area contributed by atoms with Gasteiger partial charge in [0.25, 0.3) is 0 Å². The van der Waals surface area contributed by atoms with Crippen LogP contribution >= 0.6 is 31.9 Å². The molecule has 0 atom stereocenters. The number of alkyl halides is 2. The zero-order valence-electron chi connectivity index (χ0n) is 5.22. The maximum absolute atomic E-state index is 4.08. The second-order valence-corrected chi connectivity index (χ2v) is 2.88. The summed E-state index contributed by atoms with van der Waals surface area (Å²) in [5.41, 5.74) is 2.19. The predicted molar refractivity (Wildman–Crippen MR) is 47.3 cm³/mol. The van der Waals surface area contributed by atoms with Crippen LogP contribution in [0, 0.1) is 0 Å². The Morgan fingerprint density at radius 1 is 1.30 bits per heavy atom. The van der Waals surface area contributed by atoms with Crippen LogP contribution in [0.2, 0.25) is 0 Å². The van der Waals surface area contributed by atoms with Crippen molar-refractivity contribution in [1.82, 2.24) is 9.97 Å². The van der Waals surface area contributed by atoms with Crippen LogP contribution < -0.4 is 0 Å². The van der Waals surface area contributed by atoms with E-state index < -0.39 is 0 Å². The molecule has 0 aliphatic rings. The molecule has 0 saturated heterocycles. The fraction of sp³-hybridized carbons (Fsp3) is 0.333. The molecule has 1 rings (SSSR count). The van der Waals surface area contributed by atoms with Crippen LogP contribution in [0.25, 0.3) is 0 Å². The van der Waals surface area contributed by atoms with Gasteiger partial charge in [-0.1, -0.05) is 31.9 Å². The van der Waals surface area contributed by atoms with Gasteiger partial charge in [-0.2, -0.15) is 0 Å². The van der Waals surface area contributed by atoms with Crippen LogP contribution in [0.4, 0.5) is 0 Å². The first-order valence-corrected chi connectivity index (χ1v) is 5.02. The molecule has 4 heteroatoms. The fourth-order valence-corrected chi connectivity index (χ4v) is 1.59. The number of rotatable bonds is 2. The number of nitrogens with zero attached hydrogens (tertiary/aromatic N) is 2. The Morgan fingerprint density at radius 3 is 2.60 bits per heavy atom. The van der Waals surface area contributed by atoms with Gasteiger partial charge in [-0.25, -0.2) is 9.97 Å². The van der Waals surface area contributed by atoms with Crippen LogP contribution in [0.15, 0.2) is 12.5 Å². The highest BCUT2D eigenvalue weighted by molar-refractivity contribution is 9.09. The normalized spacial score (nSPS) is 9.80. The Balaban J connectivity index is 2.96. The van der Waals surface area contributed by atoms with Gasteiger partial charge in [-0.15, -0.1) is 0 Å². The molecule has 1 aromatic rings. The molecule has 0 aromatic carbocycles. The van der Waals surface area contributed by atoms with E-state index in [-0.39, 0.29) is 0 Å². The second-order valence-electron chi connectivity index (χ2n) is 1.76. The highest BCUT2D eigenvalue weighted by atomic mass is 79.9. The topological polar surface area (TPSA) is 25.8 Å². The van der Waals surface area contributed by atoms with Gasteiger partial charge in [0.05, 0.1) is 5.69 Å². The summed E-state index contributed by atoms with van der Waals surface area (Å²) in [4.78, 5) is 7.98. The summed E-state index contributed by atoms with van der Waals surface area (Å²) in [5, 5.41) is 1.60. The first-order valence-electron chi connectivity index (χ1n) is 2.78. The van der Waals surface area contributed by atoms with Crippen molar-refractivity contribution in [1.29, 1.82) is 0 Å². The molecule has 0 amide bonds. The molecule has 2 nitrogen and oxygen atoms in total. The molecule has 10 heavy (non-hydrogen) atoms. The Kier molecular flexibility index (Phi) is 3.28. The first-order chi connectivity index (χ1) is 4.88. The van der Waals surface area contributed by atoms with Crippen molar-refractivity contribution >= 4 is 31.9 Å². The monoisotopic (exact) mass is 264 g/mol. The lowest BCUT2D eigenvalue weighted by atomic mass is 10.3. The summed E-state index contributed by atoms with van der Waals surface area (Å²) in [6.07, 6.45) is 3.38. The summed E-state index contributed by atoms with van der Waals surface area (Å²) in [6.45, 7) is 0. The van der Waals surface area contributed by atoms with E-state index in [2.05, 4.69) is 41.8 Å². The second kappa shape index (κ2) is 4.03. The van der Waals surface area contributed by atoms with Crippen molar-refractivity contribution in [2.24, 2.45) is 0 Å². The number of hydrogen-bond donors (Lipinski definition) is 0. The van der Waals surface area contributed by atoms with E-state index in [1.807, 2.05) is 6.20 Å². The minimum absolute atomic E-state index is 0.788. The highest BCUT2D eigenvalue weighted by Crippen LogP contribution is 2.10. The highest BCUT2D eigenvalue weighted by Gasteiger charge is 1.98. The van der Waals surface area contributed by atoms with Crippen LogP contribution in [0.5, 0.6) is 0 Å². The summed E-state index contributed by atoms with van der Waals surface area (Å²) < 4.78 is 0. The molecule has 0 spiro atoms. The Labute approximate surface area is 76.3 Å². The maximum Gasteiger partial charge on any atom is 0.115 e. The quantitative estimate of drug-likeness (QED) is 0.767. The van der Waals surface area contributed by atoms with Gasteiger partial charge in [-0.05, 0) is 0 Å². The molecular weight excluding hydrogens is 260 g/mol. The van der Waals surface area contributed by atoms with Crippen molar-refractivity contribution in [2.45, 2.75) is 10.7 Å². The first kappa shape index (κ1) is 8.14. The number of halogens is 2. The third-order valence-corrected chi connectivity index (χ3v) is 2.29. The Morgan fingerprint density at radius 2 is 2.10 bits per heavy atom. The molecular formula is C6H6Br2N2. The molecule has 0 saturated carbocycles. The number of hydrogen-bond acceptors (Lipinski definition) is 2. The molecule has 0 aliphatic carbocycles. The van der Waals surface area contributed by atoms with Crippen LogP contribution in [0.3, 0.4) is 0 Å². The van der Waals surface area contributed by atoms with Crippen LogP contribution in [-0.4, -0.2) is 9.97 Å². The molecule has 0 radical (unpaired) electrons. The lowest BCUT2D eigenvalue weighted by Crippen LogP contribution is -1.92. The lowest BCUT2D eigenvalue weighted by Gasteiger charge is -1.98. The van der Waals surface area contributed by atoms with Gasteiger partial charge < -0.3 is 0 Å². The minimum Gasteiger partial charge on any atom is -0.244 e. The van der Waals surface area contributed by atoms with Gasteiger partial charge in [0.15, 0.2) is 0 Å². The van der Waals surface area contributed by atoms with E-state index in [9.17, 15) is 0 Å². The fourth-order valence-electron chi connectivity index (χ4n) is 0.616. The molecule has 0 N–H and O–H groups in total. The Hall–Kier alpha value is 0.0400. The maximum atomic E-state index is 4.08. The van der Waals surface area contributed by atoms with Gasteiger partial charge in [0, 0.05) is 22.4 Å². The van der Waals surface area contributed by atoms with Gasteiger partial charge in [0.1, 0.15) is 6.33 Å². The lowest BCUT2D eigenvalue weighted by molar-refractivity contribution is 1.05. The standard InChI is InChI=1S/C6H6Br2N2/c7-1-5-3-9-4-10-6(5)2-8/h3-4H,1-2H2. The minimum atomic E-state index is 0.788. The molecule has 0 bridgehead atoms. The largest absolute Gasteiger partial charge is 0.244 e. The molecule has 0 aliphatic heterocycles. The van der Waals surface area contributed by atoms with Crippen molar-refractivity contribution in [3.05, 3.63) is 23.8 Å². The number of aromatic nitrogens is 2. The van der Waals surface area contributed by atoms with Gasteiger partial charge >= 0.3 is 0 Å². The van der Waals surface area contributed by atoms with E-state index in [1.54, 1.807) is 6.33 Å². The molecule has 1 aromatic heterocycles. The molecule has 1 heterocycles. The van der Waals surface area contributed by atoms with E-state index in [1.165, 1.54) is 0 Å². The summed E-state index contributed by atoms with van der Waals surface area (Å²) in [6, 6.07) is 0. The molecule has 0 unspecified atom stereocenters. The SMILES string of the molecule is BrCc1cncnc1CBr. The van der Waals surface area contributed by atoms with E-state index in [0.717, 1.165) is 21.9 Å². The van der Waals surface area contributed by atoms with Crippen molar-refractivity contribution in [3.8, 4) is 0 Å².